The van der Waals surface area contributed by atoms with Gasteiger partial charge in [0.15, 0.2) is 0 Å². The maximum absolute atomic E-state index is 3.45. The number of benzene rings is 2. The molecule has 1 fully saturated rings. The van der Waals surface area contributed by atoms with Crippen LogP contribution in [0.3, 0.4) is 0 Å². The van der Waals surface area contributed by atoms with E-state index in [1.807, 2.05) is 12.1 Å². The molecule has 0 aliphatic carbocycles. The van der Waals surface area contributed by atoms with E-state index in [0.717, 1.165) is 19.5 Å². The third-order valence-electron chi connectivity index (χ3n) is 3.14. The Bertz CT molecular complexity index is 435. The molecule has 2 nitrogen and oxygen atoms in total. The van der Waals surface area contributed by atoms with Gasteiger partial charge in [0.1, 0.15) is 0 Å². The highest BCUT2D eigenvalue weighted by Crippen LogP contribution is 2.24. The quantitative estimate of drug-likeness (QED) is 0.788. The summed E-state index contributed by atoms with van der Waals surface area (Å²) in [5.41, 5.74) is 2.41. The number of para-hydroxylation sites is 2. The van der Waals surface area contributed by atoms with Gasteiger partial charge in [-0.1, -0.05) is 36.4 Å². The van der Waals surface area contributed by atoms with Crippen molar-refractivity contribution >= 4 is 11.4 Å². The topological polar surface area (TPSA) is 6.48 Å². The van der Waals surface area contributed by atoms with Crippen LogP contribution in [0.1, 0.15) is 6.42 Å². The Morgan fingerprint density at radius 3 is 1.56 bits per heavy atom. The third-order valence-corrected chi connectivity index (χ3v) is 3.14. The Morgan fingerprint density at radius 1 is 0.667 bits per heavy atom. The lowest BCUT2D eigenvalue weighted by atomic mass is 10.2. The van der Waals surface area contributed by atoms with E-state index in [1.165, 1.54) is 11.4 Å². The second-order valence-corrected chi connectivity index (χ2v) is 4.43. The Morgan fingerprint density at radius 2 is 1.11 bits per heavy atom. The van der Waals surface area contributed by atoms with Gasteiger partial charge >= 0.3 is 0 Å². The Labute approximate surface area is 108 Å². The van der Waals surface area contributed by atoms with Crippen molar-refractivity contribution < 1.29 is 0 Å². The Hall–Kier alpha value is -1.96. The molecule has 1 heterocycles. The van der Waals surface area contributed by atoms with Crippen molar-refractivity contribution in [3.63, 3.8) is 0 Å². The van der Waals surface area contributed by atoms with Crippen molar-refractivity contribution in [2.24, 2.45) is 0 Å². The standard InChI is InChI=1S/C16H16N2/c1-3-8-15(9-4-1)17-12-7-13-18(14-17)16-10-5-2-6-11-16/h1-6,8-11H,7,12-13H2. The molecular weight excluding hydrogens is 220 g/mol. The molecule has 90 valence electrons. The van der Waals surface area contributed by atoms with E-state index in [2.05, 4.69) is 65.0 Å². The first-order valence-corrected chi connectivity index (χ1v) is 6.35. The summed E-state index contributed by atoms with van der Waals surface area (Å²) in [6.07, 6.45) is 1.15. The van der Waals surface area contributed by atoms with Crippen molar-refractivity contribution in [3.8, 4) is 0 Å². The van der Waals surface area contributed by atoms with E-state index in [0.29, 0.717) is 0 Å². The molecule has 2 aromatic rings. The van der Waals surface area contributed by atoms with Gasteiger partial charge in [0.05, 0.1) is 0 Å². The molecular formula is C16H16N2. The van der Waals surface area contributed by atoms with Crippen LogP contribution >= 0.6 is 0 Å². The lowest BCUT2D eigenvalue weighted by molar-refractivity contribution is 0.675. The number of hydrogen-bond acceptors (Lipinski definition) is 2. The minimum absolute atomic E-state index is 1.04. The van der Waals surface area contributed by atoms with Crippen LogP contribution in [0.5, 0.6) is 0 Å². The molecule has 0 amide bonds. The molecule has 0 aromatic heterocycles. The zero-order chi connectivity index (χ0) is 12.2. The molecule has 2 heteroatoms. The van der Waals surface area contributed by atoms with Crippen molar-refractivity contribution in [1.29, 1.82) is 0 Å². The van der Waals surface area contributed by atoms with Crippen molar-refractivity contribution in [3.05, 3.63) is 67.3 Å². The molecule has 1 aliphatic rings. The molecule has 0 unspecified atom stereocenters. The molecule has 2 aromatic carbocycles. The van der Waals surface area contributed by atoms with Crippen LogP contribution in [-0.4, -0.2) is 13.1 Å². The fourth-order valence-corrected chi connectivity index (χ4v) is 2.22. The fourth-order valence-electron chi connectivity index (χ4n) is 2.22. The number of anilines is 2. The minimum atomic E-state index is 1.04. The van der Waals surface area contributed by atoms with Crippen molar-refractivity contribution in [2.75, 3.05) is 22.9 Å². The van der Waals surface area contributed by atoms with Crippen LogP contribution in [-0.2, 0) is 0 Å². The highest BCUT2D eigenvalue weighted by molar-refractivity contribution is 5.55. The Balaban J connectivity index is 1.77. The zero-order valence-electron chi connectivity index (χ0n) is 10.3. The van der Waals surface area contributed by atoms with Gasteiger partial charge in [-0.25, -0.2) is 0 Å². The second-order valence-electron chi connectivity index (χ2n) is 4.43. The van der Waals surface area contributed by atoms with Gasteiger partial charge in [-0.15, -0.1) is 0 Å². The maximum atomic E-state index is 3.45. The van der Waals surface area contributed by atoms with Crippen LogP contribution in [0.25, 0.3) is 0 Å². The monoisotopic (exact) mass is 236 g/mol. The summed E-state index contributed by atoms with van der Waals surface area (Å²) in [4.78, 5) is 4.38. The molecule has 0 bridgehead atoms. The smallest absolute Gasteiger partial charge is 0.208 e. The van der Waals surface area contributed by atoms with E-state index in [9.17, 15) is 0 Å². The number of nitrogens with zero attached hydrogens (tertiary/aromatic N) is 2. The average molecular weight is 236 g/mol. The molecule has 0 atom stereocenters. The Kier molecular flexibility index (Phi) is 3.18. The van der Waals surface area contributed by atoms with Crippen molar-refractivity contribution in [1.82, 2.24) is 0 Å². The third kappa shape index (κ3) is 2.33. The number of hydrogen-bond donors (Lipinski definition) is 0. The highest BCUT2D eigenvalue weighted by Gasteiger charge is 2.19. The first-order valence-electron chi connectivity index (χ1n) is 6.35. The summed E-state index contributed by atoms with van der Waals surface area (Å²) in [5, 5.41) is 0. The van der Waals surface area contributed by atoms with E-state index >= 15 is 0 Å². The van der Waals surface area contributed by atoms with Gasteiger partial charge in [-0.2, -0.15) is 0 Å². The highest BCUT2D eigenvalue weighted by atomic mass is 15.3. The van der Waals surface area contributed by atoms with Crippen LogP contribution in [0, 0.1) is 6.67 Å². The summed E-state index contributed by atoms with van der Waals surface area (Å²) < 4.78 is 0. The predicted octanol–water partition coefficient (Wildman–Crippen LogP) is 3.40. The predicted molar refractivity (Wildman–Crippen MR) is 75.4 cm³/mol. The molecule has 1 saturated heterocycles. The van der Waals surface area contributed by atoms with Gasteiger partial charge in [-0.05, 0) is 30.7 Å². The minimum Gasteiger partial charge on any atom is -0.341 e. The first-order chi connectivity index (χ1) is 8.93. The fraction of sp³-hybridized carbons (Fsp3) is 0.188. The van der Waals surface area contributed by atoms with E-state index in [1.54, 1.807) is 0 Å². The SMILES string of the molecule is [C]1N(c2ccccc2)CCCN1c1ccccc1. The zero-order valence-corrected chi connectivity index (χ0v) is 10.3. The average Bonchev–Trinajstić information content (AvgIpc) is 2.49. The van der Waals surface area contributed by atoms with Gasteiger partial charge < -0.3 is 9.80 Å². The van der Waals surface area contributed by atoms with Gasteiger partial charge in [0.25, 0.3) is 0 Å². The number of rotatable bonds is 2. The first kappa shape index (κ1) is 11.1. The van der Waals surface area contributed by atoms with Crippen LogP contribution < -0.4 is 9.80 Å². The summed E-state index contributed by atoms with van der Waals surface area (Å²) in [5.74, 6) is 0. The lowest BCUT2D eigenvalue weighted by Crippen LogP contribution is -2.40. The summed E-state index contributed by atoms with van der Waals surface area (Å²) in [6.45, 7) is 5.52. The van der Waals surface area contributed by atoms with Gasteiger partial charge in [-0.3, -0.25) is 0 Å². The van der Waals surface area contributed by atoms with E-state index in [4.69, 9.17) is 0 Å². The molecule has 0 N–H and O–H groups in total. The second kappa shape index (κ2) is 5.13. The largest absolute Gasteiger partial charge is 0.341 e. The molecule has 3 rings (SSSR count). The van der Waals surface area contributed by atoms with Crippen LogP contribution in [0.15, 0.2) is 60.7 Å². The molecule has 0 saturated carbocycles. The van der Waals surface area contributed by atoms with Gasteiger partial charge in [0.2, 0.25) is 6.67 Å². The van der Waals surface area contributed by atoms with Crippen LogP contribution in [0.2, 0.25) is 0 Å². The van der Waals surface area contributed by atoms with Crippen molar-refractivity contribution in [2.45, 2.75) is 6.42 Å². The summed E-state index contributed by atoms with van der Waals surface area (Å²) in [6, 6.07) is 20.9. The van der Waals surface area contributed by atoms with E-state index in [-0.39, 0.29) is 0 Å². The van der Waals surface area contributed by atoms with E-state index < -0.39 is 0 Å². The summed E-state index contributed by atoms with van der Waals surface area (Å²) in [7, 11) is 0. The lowest BCUT2D eigenvalue weighted by Gasteiger charge is -2.36. The molecule has 2 radical (unpaired) electrons. The maximum Gasteiger partial charge on any atom is 0.208 e. The molecule has 0 spiro atoms. The summed E-state index contributed by atoms with van der Waals surface area (Å²) >= 11 is 0. The molecule has 18 heavy (non-hydrogen) atoms. The molecule has 1 aliphatic heterocycles. The van der Waals surface area contributed by atoms with Crippen LogP contribution in [0.4, 0.5) is 11.4 Å². The van der Waals surface area contributed by atoms with Gasteiger partial charge in [0, 0.05) is 24.5 Å². The normalized spacial score (nSPS) is 15.8.